The summed E-state index contributed by atoms with van der Waals surface area (Å²) in [6.45, 7) is 0. The molecule has 0 saturated heterocycles. The van der Waals surface area contributed by atoms with Gasteiger partial charge in [-0.1, -0.05) is 0 Å². The van der Waals surface area contributed by atoms with E-state index < -0.39 is 45.4 Å². The Labute approximate surface area is 144 Å². The summed E-state index contributed by atoms with van der Waals surface area (Å²) >= 11 is 1.77. The fourth-order valence-corrected chi connectivity index (χ4v) is 2.79. The normalized spacial score (nSPS) is 13.7. The molecule has 1 aromatic rings. The number of carbonyl (C=O) groups is 1. The molecule has 0 unspecified atom stereocenters. The Morgan fingerprint density at radius 2 is 1.46 bits per heavy atom. The van der Waals surface area contributed by atoms with Crippen molar-refractivity contribution in [1.82, 2.24) is 0 Å². The molecule has 0 saturated carbocycles. The fraction of sp³-hybridized carbons (Fsp3) is 0.364. The maximum Gasteiger partial charge on any atom is 0.438 e. The number of esters is 1. The lowest BCUT2D eigenvalue weighted by Gasteiger charge is -2.35. The van der Waals surface area contributed by atoms with Gasteiger partial charge in [-0.2, -0.15) is 34.8 Å². The SMILES string of the molecule is O=C(OC(CS(=O)(=O)O)(C(F)(F)F)C(F)(F)F)c1ccc(I)cc1. The third-order valence-corrected chi connectivity index (χ3v) is 4.14. The van der Waals surface area contributed by atoms with Gasteiger partial charge < -0.3 is 4.74 Å². The van der Waals surface area contributed by atoms with E-state index in [0.717, 1.165) is 12.1 Å². The topological polar surface area (TPSA) is 80.7 Å². The molecule has 0 atom stereocenters. The first kappa shape index (κ1) is 21.0. The summed E-state index contributed by atoms with van der Waals surface area (Å²) < 4.78 is 112. The Kier molecular flexibility index (Phi) is 5.82. The van der Waals surface area contributed by atoms with Gasteiger partial charge in [-0.15, -0.1) is 0 Å². The monoisotopic (exact) mass is 492 g/mol. The number of hydrogen-bond donors (Lipinski definition) is 1. The second-order valence-corrected chi connectivity index (χ2v) is 7.14. The quantitative estimate of drug-likeness (QED) is 0.303. The Hall–Kier alpha value is -1.09. The first-order valence-corrected chi connectivity index (χ1v) is 8.35. The molecule has 0 amide bonds. The van der Waals surface area contributed by atoms with Crippen LogP contribution in [0, 0.1) is 3.57 Å². The summed E-state index contributed by atoms with van der Waals surface area (Å²) in [4.78, 5) is 11.6. The van der Waals surface area contributed by atoms with E-state index in [1.54, 1.807) is 22.6 Å². The van der Waals surface area contributed by atoms with Crippen molar-refractivity contribution in [2.75, 3.05) is 5.75 Å². The average molecular weight is 492 g/mol. The predicted molar refractivity (Wildman–Crippen MR) is 75.8 cm³/mol. The van der Waals surface area contributed by atoms with Crippen LogP contribution >= 0.6 is 22.6 Å². The second kappa shape index (κ2) is 6.67. The molecule has 0 aromatic heterocycles. The molecule has 5 nitrogen and oxygen atoms in total. The van der Waals surface area contributed by atoms with Crippen molar-refractivity contribution >= 4 is 38.7 Å². The van der Waals surface area contributed by atoms with Crippen LogP contribution in [0.15, 0.2) is 24.3 Å². The van der Waals surface area contributed by atoms with Gasteiger partial charge in [0.1, 0.15) is 5.75 Å². The zero-order valence-corrected chi connectivity index (χ0v) is 14.1. The lowest BCUT2D eigenvalue weighted by atomic mass is 10.1. The molecule has 1 N–H and O–H groups in total. The van der Waals surface area contributed by atoms with E-state index in [1.807, 2.05) is 0 Å². The lowest BCUT2D eigenvalue weighted by molar-refractivity contribution is -0.356. The van der Waals surface area contributed by atoms with Gasteiger partial charge in [-0.25, -0.2) is 4.79 Å². The van der Waals surface area contributed by atoms with Crippen molar-refractivity contribution in [1.29, 1.82) is 0 Å². The number of ether oxygens (including phenoxy) is 1. The van der Waals surface area contributed by atoms with Crippen LogP contribution < -0.4 is 0 Å². The van der Waals surface area contributed by atoms with Crippen molar-refractivity contribution in [2.45, 2.75) is 18.0 Å². The van der Waals surface area contributed by atoms with Crippen LogP contribution in [0.3, 0.4) is 0 Å². The molecule has 0 radical (unpaired) electrons. The third kappa shape index (κ3) is 4.72. The molecule has 0 aliphatic rings. The second-order valence-electron chi connectivity index (χ2n) is 4.45. The highest BCUT2D eigenvalue weighted by atomic mass is 127. The maximum absolute atomic E-state index is 13.0. The van der Waals surface area contributed by atoms with Crippen LogP contribution in [-0.2, 0) is 14.9 Å². The van der Waals surface area contributed by atoms with E-state index in [-0.39, 0.29) is 0 Å². The molecule has 1 aromatic carbocycles. The maximum atomic E-state index is 13.0. The van der Waals surface area contributed by atoms with E-state index in [4.69, 9.17) is 4.55 Å². The fourth-order valence-electron chi connectivity index (χ4n) is 1.53. The number of benzene rings is 1. The van der Waals surface area contributed by atoms with Gasteiger partial charge in [0, 0.05) is 3.57 Å². The van der Waals surface area contributed by atoms with Gasteiger partial charge in [-0.3, -0.25) is 4.55 Å². The summed E-state index contributed by atoms with van der Waals surface area (Å²) in [7, 11) is -5.80. The third-order valence-electron chi connectivity index (χ3n) is 2.65. The smallest absolute Gasteiger partial charge is 0.435 e. The van der Waals surface area contributed by atoms with E-state index in [2.05, 4.69) is 4.74 Å². The Bertz CT molecular complexity index is 696. The molecule has 24 heavy (non-hydrogen) atoms. The largest absolute Gasteiger partial charge is 0.438 e. The Morgan fingerprint density at radius 1 is 1.04 bits per heavy atom. The predicted octanol–water partition coefficient (Wildman–Crippen LogP) is 3.20. The van der Waals surface area contributed by atoms with Gasteiger partial charge in [0.15, 0.2) is 0 Å². The molecule has 0 aliphatic carbocycles. The first-order valence-electron chi connectivity index (χ1n) is 5.66. The van der Waals surface area contributed by atoms with Crippen LogP contribution in [0.4, 0.5) is 26.3 Å². The van der Waals surface area contributed by atoms with E-state index in [0.29, 0.717) is 3.57 Å². The summed E-state index contributed by atoms with van der Waals surface area (Å²) in [5, 5.41) is 0. The van der Waals surface area contributed by atoms with Crippen LogP contribution in [0.1, 0.15) is 10.4 Å². The van der Waals surface area contributed by atoms with Crippen molar-refractivity contribution in [3.05, 3.63) is 33.4 Å². The summed E-state index contributed by atoms with van der Waals surface area (Å²) in [6.07, 6.45) is -12.7. The van der Waals surface area contributed by atoms with E-state index in [9.17, 15) is 39.6 Å². The van der Waals surface area contributed by atoms with Gasteiger partial charge in [0.05, 0.1) is 5.56 Å². The first-order chi connectivity index (χ1) is 10.6. The molecular formula is C11H7F6IO5S. The Morgan fingerprint density at radius 3 is 1.79 bits per heavy atom. The van der Waals surface area contributed by atoms with Gasteiger partial charge >= 0.3 is 23.9 Å². The lowest BCUT2D eigenvalue weighted by Crippen LogP contribution is -2.63. The Balaban J connectivity index is 3.42. The van der Waals surface area contributed by atoms with Crippen molar-refractivity contribution in [3.63, 3.8) is 0 Å². The van der Waals surface area contributed by atoms with Gasteiger partial charge in [-0.05, 0) is 46.9 Å². The summed E-state index contributed by atoms with van der Waals surface area (Å²) in [6, 6.07) is 4.22. The molecular weight excluding hydrogens is 485 g/mol. The minimum Gasteiger partial charge on any atom is -0.435 e. The summed E-state index contributed by atoms with van der Waals surface area (Å²) in [5.74, 6) is -4.96. The molecule has 0 bridgehead atoms. The molecule has 0 fully saturated rings. The molecule has 0 spiro atoms. The number of alkyl halides is 6. The van der Waals surface area contributed by atoms with Crippen LogP contribution in [0.2, 0.25) is 0 Å². The van der Waals surface area contributed by atoms with Crippen molar-refractivity contribution < 1.29 is 48.8 Å². The van der Waals surface area contributed by atoms with E-state index >= 15 is 0 Å². The minimum absolute atomic E-state index is 0.528. The molecule has 1 rings (SSSR count). The highest BCUT2D eigenvalue weighted by Gasteiger charge is 2.76. The summed E-state index contributed by atoms with van der Waals surface area (Å²) in [5.41, 5.74) is -6.07. The number of hydrogen-bond acceptors (Lipinski definition) is 4. The van der Waals surface area contributed by atoms with Crippen molar-refractivity contribution in [2.24, 2.45) is 0 Å². The van der Waals surface area contributed by atoms with Crippen LogP contribution in [0.5, 0.6) is 0 Å². The standard InChI is InChI=1S/C11H7F6IO5S/c12-10(13,14)9(11(15,16)17,5-24(20,21)22)23-8(19)6-1-3-7(18)4-2-6/h1-4H,5H2,(H,20,21,22). The zero-order chi connectivity index (χ0) is 19.0. The molecule has 13 heteroatoms. The van der Waals surface area contributed by atoms with E-state index in [1.165, 1.54) is 12.1 Å². The van der Waals surface area contributed by atoms with Gasteiger partial charge in [0.25, 0.3) is 10.1 Å². The average Bonchev–Trinajstić information content (AvgIpc) is 2.34. The minimum atomic E-state index is -6.35. The molecule has 0 aliphatic heterocycles. The highest BCUT2D eigenvalue weighted by Crippen LogP contribution is 2.47. The van der Waals surface area contributed by atoms with Crippen LogP contribution in [0.25, 0.3) is 0 Å². The number of rotatable bonds is 4. The van der Waals surface area contributed by atoms with Gasteiger partial charge in [0.2, 0.25) is 0 Å². The van der Waals surface area contributed by atoms with Crippen molar-refractivity contribution in [3.8, 4) is 0 Å². The zero-order valence-electron chi connectivity index (χ0n) is 11.2. The van der Waals surface area contributed by atoms with Crippen LogP contribution in [-0.4, -0.2) is 42.6 Å². The molecule has 136 valence electrons. The molecule has 0 heterocycles. The number of carbonyl (C=O) groups excluding carboxylic acids is 1. The number of halogens is 7. The highest BCUT2D eigenvalue weighted by molar-refractivity contribution is 14.1.